The van der Waals surface area contributed by atoms with Crippen molar-refractivity contribution in [3.63, 3.8) is 0 Å². The van der Waals surface area contributed by atoms with Crippen molar-refractivity contribution < 1.29 is 4.74 Å². The van der Waals surface area contributed by atoms with E-state index in [0.717, 1.165) is 25.8 Å². The maximum atomic E-state index is 5.36. The van der Waals surface area contributed by atoms with Crippen LogP contribution in [0.4, 0.5) is 0 Å². The molecule has 0 saturated heterocycles. The Kier molecular flexibility index (Phi) is 6.61. The Morgan fingerprint density at radius 2 is 2.14 bits per heavy atom. The molecule has 0 fully saturated rings. The van der Waals surface area contributed by atoms with Crippen LogP contribution in [-0.2, 0) is 4.74 Å². The van der Waals surface area contributed by atoms with Gasteiger partial charge in [-0.05, 0) is 40.2 Å². The predicted octanol–water partition coefficient (Wildman–Crippen LogP) is 2.19. The highest BCUT2D eigenvalue weighted by Crippen LogP contribution is 2.15. The summed E-state index contributed by atoms with van der Waals surface area (Å²) in [6, 6.07) is 0.475. The quantitative estimate of drug-likeness (QED) is 0.499. The molecule has 0 amide bonds. The molecule has 82 valence electrons. The van der Waals surface area contributed by atoms with Crippen LogP contribution in [0.1, 0.15) is 40.0 Å². The van der Waals surface area contributed by atoms with E-state index in [4.69, 9.17) is 11.2 Å². The number of rotatable bonds is 7. The molecule has 0 rings (SSSR count). The van der Waals surface area contributed by atoms with E-state index >= 15 is 0 Å². The maximum Gasteiger partial charge on any atom is 0.0637 e. The summed E-state index contributed by atoms with van der Waals surface area (Å²) < 4.78 is 5.36. The molecule has 0 heterocycles. The minimum Gasteiger partial charge on any atom is -0.379 e. The SMILES string of the molecule is C#CCCCNC(C)CC(C)(C)OC. The highest BCUT2D eigenvalue weighted by atomic mass is 16.5. The van der Waals surface area contributed by atoms with Crippen molar-refractivity contribution in [2.75, 3.05) is 13.7 Å². The second-order valence-electron chi connectivity index (χ2n) is 4.33. The number of ether oxygens (including phenoxy) is 1. The minimum atomic E-state index is -0.0431. The smallest absolute Gasteiger partial charge is 0.0637 e. The van der Waals surface area contributed by atoms with E-state index < -0.39 is 0 Å². The molecule has 0 aromatic heterocycles. The summed E-state index contributed by atoms with van der Waals surface area (Å²) in [5.74, 6) is 2.64. The van der Waals surface area contributed by atoms with E-state index in [2.05, 4.69) is 32.0 Å². The van der Waals surface area contributed by atoms with Crippen molar-refractivity contribution in [1.29, 1.82) is 0 Å². The minimum absolute atomic E-state index is 0.0431. The summed E-state index contributed by atoms with van der Waals surface area (Å²) in [4.78, 5) is 0. The number of hydrogen-bond acceptors (Lipinski definition) is 2. The van der Waals surface area contributed by atoms with Crippen LogP contribution in [0, 0.1) is 12.3 Å². The Bertz CT molecular complexity index is 181. The molecule has 0 aromatic carbocycles. The third kappa shape index (κ3) is 6.94. The van der Waals surface area contributed by atoms with Crippen molar-refractivity contribution >= 4 is 0 Å². The molecule has 1 N–H and O–H groups in total. The molecule has 0 aromatic rings. The van der Waals surface area contributed by atoms with Crippen molar-refractivity contribution in [1.82, 2.24) is 5.32 Å². The lowest BCUT2D eigenvalue weighted by molar-refractivity contribution is 0.00861. The van der Waals surface area contributed by atoms with Gasteiger partial charge in [0.05, 0.1) is 5.60 Å². The average molecular weight is 197 g/mol. The van der Waals surface area contributed by atoms with Crippen LogP contribution in [0.25, 0.3) is 0 Å². The fourth-order valence-electron chi connectivity index (χ4n) is 1.43. The first-order chi connectivity index (χ1) is 6.52. The standard InChI is InChI=1S/C12H23NO/c1-6-7-8-9-13-11(2)10-12(3,4)14-5/h1,11,13H,7-10H2,2-5H3. The van der Waals surface area contributed by atoms with E-state index in [0.29, 0.717) is 6.04 Å². The van der Waals surface area contributed by atoms with Gasteiger partial charge in [0.25, 0.3) is 0 Å². The second kappa shape index (κ2) is 6.86. The fourth-order valence-corrected chi connectivity index (χ4v) is 1.43. The Morgan fingerprint density at radius 1 is 1.50 bits per heavy atom. The average Bonchev–Trinajstić information content (AvgIpc) is 2.12. The Balaban J connectivity index is 3.56. The van der Waals surface area contributed by atoms with Crippen molar-refractivity contribution in [2.24, 2.45) is 0 Å². The number of terminal acetylenes is 1. The van der Waals surface area contributed by atoms with Crippen LogP contribution >= 0.6 is 0 Å². The zero-order chi connectivity index (χ0) is 11.0. The van der Waals surface area contributed by atoms with Gasteiger partial charge in [-0.1, -0.05) is 0 Å². The van der Waals surface area contributed by atoms with Crippen LogP contribution in [0.3, 0.4) is 0 Å². The molecular weight excluding hydrogens is 174 g/mol. The summed E-state index contributed by atoms with van der Waals surface area (Å²) in [7, 11) is 1.76. The zero-order valence-electron chi connectivity index (χ0n) is 9.89. The van der Waals surface area contributed by atoms with Gasteiger partial charge in [-0.2, -0.15) is 0 Å². The molecule has 0 spiro atoms. The maximum absolute atomic E-state index is 5.36. The molecule has 2 heteroatoms. The molecule has 1 atom stereocenters. The number of nitrogens with one attached hydrogen (secondary N) is 1. The van der Waals surface area contributed by atoms with E-state index in [1.54, 1.807) is 7.11 Å². The second-order valence-corrected chi connectivity index (χ2v) is 4.33. The lowest BCUT2D eigenvalue weighted by atomic mass is 10.00. The van der Waals surface area contributed by atoms with Gasteiger partial charge in [0.1, 0.15) is 0 Å². The largest absolute Gasteiger partial charge is 0.379 e. The van der Waals surface area contributed by atoms with Crippen LogP contribution in [-0.4, -0.2) is 25.3 Å². The topological polar surface area (TPSA) is 21.3 Å². The van der Waals surface area contributed by atoms with Crippen LogP contribution in [0.5, 0.6) is 0 Å². The lowest BCUT2D eigenvalue weighted by Gasteiger charge is -2.27. The first-order valence-electron chi connectivity index (χ1n) is 5.24. The molecule has 0 aliphatic heterocycles. The van der Waals surface area contributed by atoms with Gasteiger partial charge in [-0.25, -0.2) is 0 Å². The highest BCUT2D eigenvalue weighted by molar-refractivity contribution is 4.83. The van der Waals surface area contributed by atoms with Gasteiger partial charge in [-0.3, -0.25) is 0 Å². The molecule has 1 unspecified atom stereocenters. The zero-order valence-corrected chi connectivity index (χ0v) is 9.89. The molecule has 0 radical (unpaired) electrons. The van der Waals surface area contributed by atoms with E-state index in [-0.39, 0.29) is 5.60 Å². The van der Waals surface area contributed by atoms with Gasteiger partial charge in [0, 0.05) is 19.6 Å². The lowest BCUT2D eigenvalue weighted by Crippen LogP contribution is -2.36. The first kappa shape index (κ1) is 13.5. The first-order valence-corrected chi connectivity index (χ1v) is 5.24. The van der Waals surface area contributed by atoms with Crippen LogP contribution < -0.4 is 5.32 Å². The third-order valence-electron chi connectivity index (χ3n) is 2.34. The fraction of sp³-hybridized carbons (Fsp3) is 0.833. The Morgan fingerprint density at radius 3 is 2.64 bits per heavy atom. The molecular formula is C12H23NO. The Labute approximate surface area is 88.4 Å². The van der Waals surface area contributed by atoms with Gasteiger partial charge in [0.15, 0.2) is 0 Å². The van der Waals surface area contributed by atoms with Gasteiger partial charge in [0.2, 0.25) is 0 Å². The highest BCUT2D eigenvalue weighted by Gasteiger charge is 2.19. The van der Waals surface area contributed by atoms with E-state index in [1.165, 1.54) is 0 Å². The summed E-state index contributed by atoms with van der Waals surface area (Å²) in [6.45, 7) is 7.38. The monoisotopic (exact) mass is 197 g/mol. The summed E-state index contributed by atoms with van der Waals surface area (Å²) >= 11 is 0. The molecule has 2 nitrogen and oxygen atoms in total. The molecule has 0 bridgehead atoms. The summed E-state index contributed by atoms with van der Waals surface area (Å²) in [5.41, 5.74) is -0.0431. The van der Waals surface area contributed by atoms with Crippen molar-refractivity contribution in [2.45, 2.75) is 51.7 Å². The van der Waals surface area contributed by atoms with Crippen LogP contribution in [0.2, 0.25) is 0 Å². The van der Waals surface area contributed by atoms with E-state index in [9.17, 15) is 0 Å². The molecule has 0 aliphatic rings. The summed E-state index contributed by atoms with van der Waals surface area (Å²) in [5, 5.41) is 3.43. The normalized spacial score (nSPS) is 13.6. The van der Waals surface area contributed by atoms with Crippen LogP contribution in [0.15, 0.2) is 0 Å². The van der Waals surface area contributed by atoms with Crippen molar-refractivity contribution in [3.8, 4) is 12.3 Å². The molecule has 14 heavy (non-hydrogen) atoms. The number of unbranched alkanes of at least 4 members (excludes halogenated alkanes) is 1. The van der Waals surface area contributed by atoms with Crippen molar-refractivity contribution in [3.05, 3.63) is 0 Å². The molecule has 0 saturated carbocycles. The predicted molar refractivity (Wildman–Crippen MR) is 61.2 cm³/mol. The number of methoxy groups -OCH3 is 1. The van der Waals surface area contributed by atoms with Gasteiger partial charge in [-0.15, -0.1) is 12.3 Å². The Hall–Kier alpha value is -0.520. The number of hydrogen-bond donors (Lipinski definition) is 1. The molecule has 0 aliphatic carbocycles. The van der Waals surface area contributed by atoms with E-state index in [1.807, 2.05) is 0 Å². The third-order valence-corrected chi connectivity index (χ3v) is 2.34. The van der Waals surface area contributed by atoms with Gasteiger partial charge < -0.3 is 10.1 Å². The summed E-state index contributed by atoms with van der Waals surface area (Å²) in [6.07, 6.45) is 8.09. The van der Waals surface area contributed by atoms with Gasteiger partial charge >= 0.3 is 0 Å².